The van der Waals surface area contributed by atoms with E-state index in [1.807, 2.05) is 66.7 Å². The van der Waals surface area contributed by atoms with Crippen LogP contribution in [0.25, 0.3) is 17.0 Å². The van der Waals surface area contributed by atoms with E-state index in [1.54, 1.807) is 12.2 Å². The Morgan fingerprint density at radius 3 is 1.39 bits per heavy atom. The zero-order valence-corrected chi connectivity index (χ0v) is 27.2. The van der Waals surface area contributed by atoms with E-state index in [-0.39, 0.29) is 11.3 Å². The van der Waals surface area contributed by atoms with Gasteiger partial charge in [0.1, 0.15) is 17.7 Å². The average Bonchev–Trinajstić information content (AvgIpc) is 3.19. The van der Waals surface area contributed by atoms with Crippen LogP contribution in [0.1, 0.15) is 33.4 Å². The van der Waals surface area contributed by atoms with Crippen molar-refractivity contribution in [1.82, 2.24) is 0 Å². The molecule has 0 bridgehead atoms. The predicted octanol–water partition coefficient (Wildman–Crippen LogP) is 10.9. The van der Waals surface area contributed by atoms with Crippen molar-refractivity contribution in [3.63, 3.8) is 0 Å². The van der Waals surface area contributed by atoms with Crippen molar-refractivity contribution < 1.29 is 0 Å². The minimum absolute atomic E-state index is 0.00668. The fraction of sp³-hybridized carbons (Fsp3) is 0.0222. The maximum atomic E-state index is 9.73. The average molecular weight is 651 g/mol. The molecule has 51 heavy (non-hydrogen) atoms. The number of hydrogen-bond donors (Lipinski definition) is 0. The molecule has 0 aromatic heterocycles. The summed E-state index contributed by atoms with van der Waals surface area (Å²) in [6.45, 7) is 7.61. The molecule has 1 spiro atoms. The first-order chi connectivity index (χ1) is 25.1. The number of nitriles is 3. The minimum Gasteiger partial charge on any atom is -0.310 e. The van der Waals surface area contributed by atoms with E-state index >= 15 is 0 Å². The van der Waals surface area contributed by atoms with Crippen molar-refractivity contribution in [1.29, 1.82) is 15.8 Å². The fourth-order valence-corrected chi connectivity index (χ4v) is 7.59. The Bertz CT molecular complexity index is 2380. The quantitative estimate of drug-likeness (QED) is 0.140. The maximum Gasteiger partial charge on any atom is 0.262 e. The molecule has 2 heterocycles. The summed E-state index contributed by atoms with van der Waals surface area (Å²) in [5.74, 6) is 0. The molecule has 0 amide bonds. The third kappa shape index (κ3) is 4.76. The third-order valence-electron chi connectivity index (χ3n) is 9.55. The standard InChI is InChI=1S/C45H26N6/c1-49-34(30-48)25-32-21-23-44-40(27-32)45(38-17-9-11-19-42(38)51(44)36-14-6-3-7-15-36)37-16-8-10-18-41(37)50(35-12-4-2-5-13-35)43-22-20-31(26-39(43)45)24-33(28-46)29-47/h2-27H/b34-25+. The molecule has 6 heteroatoms. The van der Waals surface area contributed by atoms with Crippen molar-refractivity contribution in [2.75, 3.05) is 9.80 Å². The first-order valence-electron chi connectivity index (χ1n) is 16.3. The van der Waals surface area contributed by atoms with Gasteiger partial charge in [-0.3, -0.25) is 0 Å². The highest BCUT2D eigenvalue weighted by molar-refractivity contribution is 5.97. The molecule has 1 atom stereocenters. The monoisotopic (exact) mass is 650 g/mol. The van der Waals surface area contributed by atoms with Crippen LogP contribution in [0.15, 0.2) is 157 Å². The lowest BCUT2D eigenvalue weighted by Crippen LogP contribution is -2.42. The lowest BCUT2D eigenvalue weighted by molar-refractivity contribution is 0.718. The second kappa shape index (κ2) is 12.4. The summed E-state index contributed by atoms with van der Waals surface area (Å²) >= 11 is 0. The van der Waals surface area contributed by atoms with Crippen LogP contribution in [0, 0.1) is 40.6 Å². The van der Waals surface area contributed by atoms with Crippen molar-refractivity contribution >= 4 is 46.3 Å². The first-order valence-corrected chi connectivity index (χ1v) is 16.3. The highest BCUT2D eigenvalue weighted by Gasteiger charge is 2.52. The molecule has 6 nitrogen and oxygen atoms in total. The molecule has 0 saturated heterocycles. The highest BCUT2D eigenvalue weighted by atomic mass is 15.2. The summed E-state index contributed by atoms with van der Waals surface area (Å²) in [6.07, 6.45) is 3.26. The molecule has 1 unspecified atom stereocenters. The van der Waals surface area contributed by atoms with Crippen molar-refractivity contribution in [2.24, 2.45) is 0 Å². The van der Waals surface area contributed by atoms with E-state index in [2.05, 4.69) is 112 Å². The van der Waals surface area contributed by atoms with E-state index < -0.39 is 5.41 Å². The van der Waals surface area contributed by atoms with Crippen molar-refractivity contribution in [3.05, 3.63) is 202 Å². The maximum absolute atomic E-state index is 9.73. The fourth-order valence-electron chi connectivity index (χ4n) is 7.59. The van der Waals surface area contributed by atoms with Crippen molar-refractivity contribution in [2.45, 2.75) is 5.41 Å². The molecule has 0 fully saturated rings. The number of fused-ring (bicyclic) bond motifs is 8. The van der Waals surface area contributed by atoms with Gasteiger partial charge in [-0.05, 0) is 106 Å². The predicted molar refractivity (Wildman–Crippen MR) is 201 cm³/mol. The number of hydrogen-bond acceptors (Lipinski definition) is 5. The van der Waals surface area contributed by atoms with Gasteiger partial charge in [0.05, 0.1) is 40.8 Å². The van der Waals surface area contributed by atoms with Crippen LogP contribution in [-0.2, 0) is 5.41 Å². The van der Waals surface area contributed by atoms with Gasteiger partial charge in [0.25, 0.3) is 5.70 Å². The Labute approximate surface area is 296 Å². The molecule has 8 rings (SSSR count). The van der Waals surface area contributed by atoms with Crippen LogP contribution in [0.4, 0.5) is 34.1 Å². The highest BCUT2D eigenvalue weighted by Crippen LogP contribution is 2.64. The number of rotatable bonds is 4. The van der Waals surface area contributed by atoms with Gasteiger partial charge in [0, 0.05) is 11.4 Å². The van der Waals surface area contributed by atoms with Gasteiger partial charge >= 0.3 is 0 Å². The van der Waals surface area contributed by atoms with Crippen LogP contribution < -0.4 is 9.80 Å². The van der Waals surface area contributed by atoms with Gasteiger partial charge in [0.15, 0.2) is 0 Å². The number of benzene rings is 6. The largest absolute Gasteiger partial charge is 0.310 e. The van der Waals surface area contributed by atoms with E-state index in [1.165, 1.54) is 0 Å². The summed E-state index contributed by atoms with van der Waals surface area (Å²) in [7, 11) is 0. The van der Waals surface area contributed by atoms with Gasteiger partial charge in [-0.2, -0.15) is 10.5 Å². The van der Waals surface area contributed by atoms with E-state index in [0.717, 1.165) is 67.5 Å². The molecule has 2 aliphatic heterocycles. The first kappa shape index (κ1) is 30.7. The van der Waals surface area contributed by atoms with Crippen LogP contribution in [-0.4, -0.2) is 0 Å². The topological polar surface area (TPSA) is 82.2 Å². The number of para-hydroxylation sites is 4. The molecule has 0 aliphatic carbocycles. The smallest absolute Gasteiger partial charge is 0.262 e. The Kier molecular flexibility index (Phi) is 7.48. The van der Waals surface area contributed by atoms with Gasteiger partial charge in [-0.1, -0.05) is 84.9 Å². The normalized spacial score (nSPS) is 15.1. The molecule has 6 aromatic rings. The molecule has 6 aromatic carbocycles. The summed E-state index contributed by atoms with van der Waals surface area (Å²) in [6, 6.07) is 55.6. The van der Waals surface area contributed by atoms with E-state index in [9.17, 15) is 15.8 Å². The zero-order chi connectivity index (χ0) is 35.0. The lowest BCUT2D eigenvalue weighted by Gasteiger charge is -2.51. The lowest BCUT2D eigenvalue weighted by atomic mass is 9.59. The molecular formula is C45H26N6. The minimum atomic E-state index is -0.910. The molecule has 0 saturated carbocycles. The van der Waals surface area contributed by atoms with Crippen LogP contribution in [0.2, 0.25) is 0 Å². The van der Waals surface area contributed by atoms with E-state index in [4.69, 9.17) is 6.57 Å². The second-order valence-electron chi connectivity index (χ2n) is 12.2. The Balaban J connectivity index is 1.57. The third-order valence-corrected chi connectivity index (χ3v) is 9.55. The van der Waals surface area contributed by atoms with Crippen LogP contribution in [0.3, 0.4) is 0 Å². The number of nitrogens with zero attached hydrogens (tertiary/aromatic N) is 6. The molecule has 2 aliphatic rings. The number of allylic oxidation sites excluding steroid dienone is 2. The molecule has 0 radical (unpaired) electrons. The Hall–Kier alpha value is -7.64. The van der Waals surface area contributed by atoms with Gasteiger partial charge in [-0.25, -0.2) is 10.1 Å². The molecular weight excluding hydrogens is 625 g/mol. The van der Waals surface area contributed by atoms with Gasteiger partial charge < -0.3 is 9.80 Å². The molecule has 236 valence electrons. The Morgan fingerprint density at radius 1 is 0.510 bits per heavy atom. The van der Waals surface area contributed by atoms with Crippen molar-refractivity contribution in [3.8, 4) is 18.2 Å². The summed E-state index contributed by atoms with van der Waals surface area (Å²) in [5, 5.41) is 29.2. The van der Waals surface area contributed by atoms with E-state index in [0.29, 0.717) is 0 Å². The zero-order valence-electron chi connectivity index (χ0n) is 27.2. The van der Waals surface area contributed by atoms with Crippen LogP contribution in [0.5, 0.6) is 0 Å². The number of anilines is 6. The Morgan fingerprint density at radius 2 is 0.941 bits per heavy atom. The SMILES string of the molecule is [C-]#[N+]/C(C#N)=C/c1ccc2c(c1)C1(c3ccccc3N(c3ccccc3)c3ccc(C=C(C#N)C#N)cc31)c1ccccc1N2c1ccccc1. The second-order valence-corrected chi connectivity index (χ2v) is 12.2. The summed E-state index contributed by atoms with van der Waals surface area (Å²) in [4.78, 5) is 7.99. The molecule has 0 N–H and O–H groups in total. The van der Waals surface area contributed by atoms with Crippen LogP contribution >= 0.6 is 0 Å². The summed E-state index contributed by atoms with van der Waals surface area (Å²) in [5.41, 5.74) is 10.4. The van der Waals surface area contributed by atoms with Gasteiger partial charge in [0.2, 0.25) is 0 Å². The summed E-state index contributed by atoms with van der Waals surface area (Å²) < 4.78 is 0. The van der Waals surface area contributed by atoms with Gasteiger partial charge in [-0.15, -0.1) is 0 Å².